The Morgan fingerprint density at radius 2 is 1.89 bits per heavy atom. The second kappa shape index (κ2) is 9.67. The highest BCUT2D eigenvalue weighted by Gasteiger charge is 2.26. The third-order valence-electron chi connectivity index (χ3n) is 6.59. The summed E-state index contributed by atoms with van der Waals surface area (Å²) in [7, 11) is 0. The Labute approximate surface area is 220 Å². The van der Waals surface area contributed by atoms with Crippen molar-refractivity contribution in [2.45, 2.75) is 32.4 Å². The summed E-state index contributed by atoms with van der Waals surface area (Å²) in [6.45, 7) is 2.42. The molecule has 0 saturated carbocycles. The summed E-state index contributed by atoms with van der Waals surface area (Å²) in [4.78, 5) is 49.2. The number of nitrogens with one attached hydrogen (secondary N) is 4. The monoisotopic (exact) mass is 525 g/mol. The average Bonchev–Trinajstić information content (AvgIpc) is 3.64. The summed E-state index contributed by atoms with van der Waals surface area (Å²) in [6, 6.07) is 15.2. The molecule has 5 aromatic rings. The fraction of sp³-hybridized carbons (Fsp3) is 0.185. The second-order valence-corrected chi connectivity index (χ2v) is 10.5. The van der Waals surface area contributed by atoms with Crippen LogP contribution in [0.2, 0.25) is 0 Å². The number of aromatic nitrogens is 5. The van der Waals surface area contributed by atoms with Crippen LogP contribution < -0.4 is 16.3 Å². The zero-order chi connectivity index (χ0) is 26.2. The lowest BCUT2D eigenvalue weighted by molar-refractivity contribution is 0.0931. The molecular formula is C27H23N7O3S. The van der Waals surface area contributed by atoms with E-state index in [4.69, 9.17) is 0 Å². The molecule has 6 rings (SSSR count). The molecule has 3 heterocycles. The van der Waals surface area contributed by atoms with E-state index in [-0.39, 0.29) is 34.9 Å². The Kier molecular flexibility index (Phi) is 6.04. The Morgan fingerprint density at radius 1 is 1.05 bits per heavy atom. The number of aromatic amines is 2. The van der Waals surface area contributed by atoms with E-state index < -0.39 is 0 Å². The summed E-state index contributed by atoms with van der Waals surface area (Å²) in [5.41, 5.74) is 3.76. The molecule has 0 saturated heterocycles. The third-order valence-corrected chi connectivity index (χ3v) is 7.61. The number of rotatable bonds is 6. The van der Waals surface area contributed by atoms with Gasteiger partial charge in [-0.1, -0.05) is 24.3 Å². The molecular weight excluding hydrogens is 502 g/mol. The number of hydrogen-bond acceptors (Lipinski definition) is 7. The number of aryl methyl sites for hydroxylation is 2. The molecule has 2 amide bonds. The van der Waals surface area contributed by atoms with E-state index in [2.05, 4.69) is 54.8 Å². The first-order chi connectivity index (χ1) is 18.4. The molecule has 1 aliphatic rings. The molecule has 0 fully saturated rings. The molecule has 11 heteroatoms. The molecule has 1 aliphatic carbocycles. The SMILES string of the molecule is Cc1cc2ccc(CNC(=O)c3cc(C(=O)N[C@H]4CCc5cc(-c6n[nH]c(=O)[nH]6)ccc54)ncn3)cc2s1. The molecule has 0 bridgehead atoms. The van der Waals surface area contributed by atoms with Gasteiger partial charge in [0.2, 0.25) is 0 Å². The van der Waals surface area contributed by atoms with Gasteiger partial charge in [-0.05, 0) is 60.0 Å². The van der Waals surface area contributed by atoms with Crippen molar-refractivity contribution in [1.29, 1.82) is 0 Å². The lowest BCUT2D eigenvalue weighted by Crippen LogP contribution is -2.29. The molecule has 10 nitrogen and oxygen atoms in total. The van der Waals surface area contributed by atoms with E-state index in [1.54, 1.807) is 11.3 Å². The van der Waals surface area contributed by atoms with Gasteiger partial charge in [-0.15, -0.1) is 11.3 Å². The molecule has 0 unspecified atom stereocenters. The van der Waals surface area contributed by atoms with Gasteiger partial charge in [-0.2, -0.15) is 5.10 Å². The summed E-state index contributed by atoms with van der Waals surface area (Å²) < 4.78 is 1.18. The lowest BCUT2D eigenvalue weighted by Gasteiger charge is -2.14. The van der Waals surface area contributed by atoms with Crippen LogP contribution in [-0.4, -0.2) is 37.0 Å². The average molecular weight is 526 g/mol. The predicted octanol–water partition coefficient (Wildman–Crippen LogP) is 3.43. The highest BCUT2D eigenvalue weighted by atomic mass is 32.1. The highest BCUT2D eigenvalue weighted by molar-refractivity contribution is 7.19. The van der Waals surface area contributed by atoms with Gasteiger partial charge in [-0.3, -0.25) is 14.6 Å². The maximum Gasteiger partial charge on any atom is 0.340 e. The number of H-pyrrole nitrogens is 2. The Bertz CT molecular complexity index is 1750. The van der Waals surface area contributed by atoms with Gasteiger partial charge in [-0.25, -0.2) is 19.9 Å². The number of carbonyl (C=O) groups is 2. The number of thiophene rings is 1. The van der Waals surface area contributed by atoms with Crippen LogP contribution in [0.25, 0.3) is 21.5 Å². The molecule has 0 spiro atoms. The normalized spacial score (nSPS) is 14.4. The minimum Gasteiger partial charge on any atom is -0.347 e. The van der Waals surface area contributed by atoms with E-state index in [9.17, 15) is 14.4 Å². The van der Waals surface area contributed by atoms with Crippen LogP contribution in [0.5, 0.6) is 0 Å². The van der Waals surface area contributed by atoms with Crippen molar-refractivity contribution in [1.82, 2.24) is 35.8 Å². The lowest BCUT2D eigenvalue weighted by atomic mass is 10.0. The topological polar surface area (TPSA) is 146 Å². The van der Waals surface area contributed by atoms with Crippen molar-refractivity contribution in [3.8, 4) is 11.4 Å². The number of carbonyl (C=O) groups excluding carboxylic acids is 2. The summed E-state index contributed by atoms with van der Waals surface area (Å²) in [6.07, 6.45) is 2.73. The standard InChI is InChI=1S/C27H23N7O3S/c1-14-8-17-3-2-15(9-23(17)38-14)12-28-25(35)21-11-22(30-13-29-21)26(36)31-20-7-5-16-10-18(4-6-19(16)20)24-32-27(37)34-33-24/h2-4,6,8-11,13,20H,5,7,12H2,1H3,(H,28,35)(H,31,36)(H2,32,33,34,37)/t20-/m0/s1. The predicted molar refractivity (Wildman–Crippen MR) is 143 cm³/mol. The zero-order valence-electron chi connectivity index (χ0n) is 20.4. The minimum atomic E-state index is -0.376. The van der Waals surface area contributed by atoms with Crippen LogP contribution >= 0.6 is 11.3 Å². The summed E-state index contributed by atoms with van der Waals surface area (Å²) in [5, 5.41) is 13.4. The first kappa shape index (κ1) is 23.7. The van der Waals surface area contributed by atoms with Crippen LogP contribution in [0.1, 0.15) is 55.0 Å². The fourth-order valence-electron chi connectivity index (χ4n) is 4.75. The molecule has 0 aliphatic heterocycles. The van der Waals surface area contributed by atoms with Crippen LogP contribution in [0, 0.1) is 6.92 Å². The molecule has 0 radical (unpaired) electrons. The zero-order valence-corrected chi connectivity index (χ0v) is 21.2. The maximum atomic E-state index is 13.0. The largest absolute Gasteiger partial charge is 0.347 e. The number of fused-ring (bicyclic) bond motifs is 2. The van der Waals surface area contributed by atoms with Crippen molar-refractivity contribution in [2.75, 3.05) is 0 Å². The van der Waals surface area contributed by atoms with E-state index in [1.165, 1.54) is 27.4 Å². The first-order valence-electron chi connectivity index (χ1n) is 12.1. The smallest absolute Gasteiger partial charge is 0.340 e. The Balaban J connectivity index is 1.11. The Morgan fingerprint density at radius 3 is 2.71 bits per heavy atom. The van der Waals surface area contributed by atoms with Crippen molar-refractivity contribution in [3.63, 3.8) is 0 Å². The van der Waals surface area contributed by atoms with Crippen LogP contribution in [0.3, 0.4) is 0 Å². The van der Waals surface area contributed by atoms with Gasteiger partial charge in [0.25, 0.3) is 11.8 Å². The van der Waals surface area contributed by atoms with Gasteiger partial charge in [0.05, 0.1) is 6.04 Å². The van der Waals surface area contributed by atoms with E-state index in [0.29, 0.717) is 12.4 Å². The van der Waals surface area contributed by atoms with Crippen LogP contribution in [0.4, 0.5) is 0 Å². The van der Waals surface area contributed by atoms with Crippen LogP contribution in [-0.2, 0) is 13.0 Å². The van der Waals surface area contributed by atoms with E-state index in [1.807, 2.05) is 30.3 Å². The van der Waals surface area contributed by atoms with Gasteiger partial charge in [0.1, 0.15) is 17.7 Å². The summed E-state index contributed by atoms with van der Waals surface area (Å²) in [5.74, 6) is -0.281. The van der Waals surface area contributed by atoms with Crippen molar-refractivity contribution < 1.29 is 9.59 Å². The van der Waals surface area contributed by atoms with E-state index in [0.717, 1.165) is 35.1 Å². The summed E-state index contributed by atoms with van der Waals surface area (Å²) >= 11 is 1.72. The van der Waals surface area contributed by atoms with Gasteiger partial charge >= 0.3 is 5.69 Å². The third kappa shape index (κ3) is 4.71. The molecule has 3 aromatic heterocycles. The second-order valence-electron chi connectivity index (χ2n) is 9.21. The molecule has 2 aromatic carbocycles. The van der Waals surface area contributed by atoms with Crippen molar-refractivity contribution in [3.05, 3.63) is 98.3 Å². The molecule has 190 valence electrons. The van der Waals surface area contributed by atoms with Gasteiger partial charge in [0.15, 0.2) is 5.82 Å². The van der Waals surface area contributed by atoms with Gasteiger partial charge in [0, 0.05) is 27.8 Å². The fourth-order valence-corrected chi connectivity index (χ4v) is 5.74. The molecule has 1 atom stereocenters. The van der Waals surface area contributed by atoms with Crippen LogP contribution in [0.15, 0.2) is 59.7 Å². The van der Waals surface area contributed by atoms with Crippen molar-refractivity contribution >= 4 is 33.2 Å². The van der Waals surface area contributed by atoms with Crippen molar-refractivity contribution in [2.24, 2.45) is 0 Å². The molecule has 4 N–H and O–H groups in total. The number of amides is 2. The quantitative estimate of drug-likeness (QED) is 0.267. The number of nitrogens with zero attached hydrogens (tertiary/aromatic N) is 3. The van der Waals surface area contributed by atoms with Gasteiger partial charge < -0.3 is 10.6 Å². The highest BCUT2D eigenvalue weighted by Crippen LogP contribution is 2.33. The minimum absolute atomic E-state index is 0.125. The number of hydrogen-bond donors (Lipinski definition) is 4. The Hall–Kier alpha value is -4.64. The maximum absolute atomic E-state index is 13.0. The first-order valence-corrected chi connectivity index (χ1v) is 12.9. The number of benzene rings is 2. The van der Waals surface area contributed by atoms with E-state index >= 15 is 0 Å². The molecule has 38 heavy (non-hydrogen) atoms.